The van der Waals surface area contributed by atoms with E-state index in [0.29, 0.717) is 11.6 Å². The Morgan fingerprint density at radius 3 is 2.48 bits per heavy atom. The first-order valence-corrected chi connectivity index (χ1v) is 10.5. The summed E-state index contributed by atoms with van der Waals surface area (Å²) in [5, 5.41) is 3.60. The second-order valence-corrected chi connectivity index (χ2v) is 8.19. The third-order valence-electron chi connectivity index (χ3n) is 5.26. The summed E-state index contributed by atoms with van der Waals surface area (Å²) in [6, 6.07) is 13.0. The van der Waals surface area contributed by atoms with Crippen LogP contribution in [0.15, 0.2) is 42.5 Å². The highest BCUT2D eigenvalue weighted by Gasteiger charge is 2.27. The van der Waals surface area contributed by atoms with Crippen molar-refractivity contribution >= 4 is 23.4 Å². The molecule has 0 saturated heterocycles. The van der Waals surface area contributed by atoms with Crippen LogP contribution in [0.25, 0.3) is 0 Å². The molecule has 0 heterocycles. The Morgan fingerprint density at radius 2 is 1.83 bits per heavy atom. The van der Waals surface area contributed by atoms with Crippen LogP contribution < -0.4 is 5.32 Å². The van der Waals surface area contributed by atoms with Crippen molar-refractivity contribution in [2.24, 2.45) is 0 Å². The Morgan fingerprint density at radius 1 is 1.10 bits per heavy atom. The van der Waals surface area contributed by atoms with Gasteiger partial charge in [0.2, 0.25) is 11.8 Å². The van der Waals surface area contributed by atoms with Crippen LogP contribution in [0, 0.1) is 13.8 Å². The molecular formula is C24H31ClN2O2. The number of hydrogen-bond acceptors (Lipinski definition) is 2. The van der Waals surface area contributed by atoms with Crippen LogP contribution in [-0.2, 0) is 22.6 Å². The molecule has 2 aromatic carbocycles. The van der Waals surface area contributed by atoms with Crippen LogP contribution in [0.2, 0.25) is 5.02 Å². The van der Waals surface area contributed by atoms with E-state index in [1.54, 1.807) is 17.9 Å². The lowest BCUT2D eigenvalue weighted by Gasteiger charge is -2.30. The average Bonchev–Trinajstić information content (AvgIpc) is 2.68. The molecule has 4 nitrogen and oxygen atoms in total. The monoisotopic (exact) mass is 414 g/mol. The van der Waals surface area contributed by atoms with Gasteiger partial charge in [0.1, 0.15) is 6.04 Å². The van der Waals surface area contributed by atoms with Crippen LogP contribution in [-0.4, -0.2) is 28.8 Å². The van der Waals surface area contributed by atoms with Crippen LogP contribution in [0.1, 0.15) is 49.4 Å². The molecule has 0 aliphatic rings. The van der Waals surface area contributed by atoms with Crippen LogP contribution in [0.3, 0.4) is 0 Å². The normalized spacial score (nSPS) is 12.9. The molecule has 0 aliphatic heterocycles. The highest BCUT2D eigenvalue weighted by atomic mass is 35.5. The summed E-state index contributed by atoms with van der Waals surface area (Å²) in [6.45, 7) is 10.1. The number of amides is 2. The third-order valence-corrected chi connectivity index (χ3v) is 5.49. The molecule has 156 valence electrons. The lowest BCUT2D eigenvalue weighted by atomic mass is 10.0. The SMILES string of the molecule is CC[C@@H](C)NC(=O)[C@@H](C)N(Cc1cccc(Cl)c1)C(=O)Cc1cc(C)ccc1C. The van der Waals surface area contributed by atoms with Crippen molar-refractivity contribution in [2.75, 3.05) is 0 Å². The molecule has 2 amide bonds. The third kappa shape index (κ3) is 6.60. The lowest BCUT2D eigenvalue weighted by molar-refractivity contribution is -0.140. The molecule has 2 aromatic rings. The molecule has 2 atom stereocenters. The fraction of sp³-hybridized carbons (Fsp3) is 0.417. The fourth-order valence-electron chi connectivity index (χ4n) is 3.14. The quantitative estimate of drug-likeness (QED) is 0.672. The van der Waals surface area contributed by atoms with E-state index in [9.17, 15) is 9.59 Å². The van der Waals surface area contributed by atoms with E-state index in [4.69, 9.17) is 11.6 Å². The van der Waals surface area contributed by atoms with Gasteiger partial charge in [-0.3, -0.25) is 9.59 Å². The van der Waals surface area contributed by atoms with Crippen molar-refractivity contribution in [1.29, 1.82) is 0 Å². The number of nitrogens with one attached hydrogen (secondary N) is 1. The van der Waals surface area contributed by atoms with Gasteiger partial charge < -0.3 is 10.2 Å². The maximum Gasteiger partial charge on any atom is 0.242 e. The molecule has 0 radical (unpaired) electrons. The molecule has 0 bridgehead atoms. The topological polar surface area (TPSA) is 49.4 Å². The first-order chi connectivity index (χ1) is 13.7. The number of benzene rings is 2. The summed E-state index contributed by atoms with van der Waals surface area (Å²) >= 11 is 6.12. The largest absolute Gasteiger partial charge is 0.352 e. The smallest absolute Gasteiger partial charge is 0.242 e. The Hall–Kier alpha value is -2.33. The Labute approximate surface area is 179 Å². The minimum atomic E-state index is -0.583. The van der Waals surface area contributed by atoms with Gasteiger partial charge in [0.05, 0.1) is 6.42 Å². The summed E-state index contributed by atoms with van der Waals surface area (Å²) in [5.41, 5.74) is 4.07. The Bertz CT molecular complexity index is 866. The predicted octanol–water partition coefficient (Wildman–Crippen LogP) is 4.83. The predicted molar refractivity (Wildman–Crippen MR) is 119 cm³/mol. The molecule has 0 unspecified atom stereocenters. The van der Waals surface area contributed by atoms with Crippen molar-refractivity contribution in [3.8, 4) is 0 Å². The Balaban J connectivity index is 2.28. The fourth-order valence-corrected chi connectivity index (χ4v) is 3.35. The number of carbonyl (C=O) groups is 2. The maximum absolute atomic E-state index is 13.3. The summed E-state index contributed by atoms with van der Waals surface area (Å²) in [5.74, 6) is -0.221. The van der Waals surface area contributed by atoms with E-state index < -0.39 is 6.04 Å². The van der Waals surface area contributed by atoms with Crippen molar-refractivity contribution in [3.05, 3.63) is 69.7 Å². The van der Waals surface area contributed by atoms with E-state index in [1.165, 1.54) is 0 Å². The number of rotatable bonds is 8. The molecular weight excluding hydrogens is 384 g/mol. The number of carbonyl (C=O) groups excluding carboxylic acids is 2. The van der Waals surface area contributed by atoms with Crippen LogP contribution in [0.4, 0.5) is 0 Å². The maximum atomic E-state index is 13.3. The molecule has 29 heavy (non-hydrogen) atoms. The van der Waals surface area contributed by atoms with Crippen molar-refractivity contribution in [3.63, 3.8) is 0 Å². The van der Waals surface area contributed by atoms with Gasteiger partial charge in [-0.15, -0.1) is 0 Å². The number of aryl methyl sites for hydroxylation is 2. The van der Waals surface area contributed by atoms with Crippen molar-refractivity contribution in [1.82, 2.24) is 10.2 Å². The van der Waals surface area contributed by atoms with Gasteiger partial charge in [0.25, 0.3) is 0 Å². The zero-order valence-corrected chi connectivity index (χ0v) is 18.7. The molecule has 0 saturated carbocycles. The Kier molecular flexibility index (Phi) is 8.27. The second kappa shape index (κ2) is 10.4. The molecule has 0 aliphatic carbocycles. The zero-order chi connectivity index (χ0) is 21.6. The lowest BCUT2D eigenvalue weighted by Crippen LogP contribution is -2.49. The molecule has 5 heteroatoms. The average molecular weight is 415 g/mol. The summed E-state index contributed by atoms with van der Waals surface area (Å²) in [6.07, 6.45) is 1.10. The molecule has 0 aromatic heterocycles. The minimum Gasteiger partial charge on any atom is -0.352 e. The first-order valence-electron chi connectivity index (χ1n) is 10.1. The first kappa shape index (κ1) is 23.0. The minimum absolute atomic E-state index is 0.0621. The van der Waals surface area contributed by atoms with E-state index in [-0.39, 0.29) is 24.3 Å². The van der Waals surface area contributed by atoms with Gasteiger partial charge >= 0.3 is 0 Å². The van der Waals surface area contributed by atoms with Gasteiger partial charge in [0.15, 0.2) is 0 Å². The van der Waals surface area contributed by atoms with Gasteiger partial charge in [-0.2, -0.15) is 0 Å². The zero-order valence-electron chi connectivity index (χ0n) is 18.0. The molecule has 0 fully saturated rings. The van der Waals surface area contributed by atoms with E-state index >= 15 is 0 Å². The molecule has 1 N–H and O–H groups in total. The van der Waals surface area contributed by atoms with E-state index in [2.05, 4.69) is 5.32 Å². The van der Waals surface area contributed by atoms with Gasteiger partial charge in [-0.1, -0.05) is 54.4 Å². The standard InChI is InChI=1S/C24H31ClN2O2/c1-6-18(4)26-24(29)19(5)27(15-20-8-7-9-22(25)13-20)23(28)14-21-12-16(2)10-11-17(21)3/h7-13,18-19H,6,14-15H2,1-5H3,(H,26,29)/t18-,19-/m1/s1. The van der Waals surface area contributed by atoms with Crippen molar-refractivity contribution in [2.45, 2.75) is 66.1 Å². The number of nitrogens with zero attached hydrogens (tertiary/aromatic N) is 1. The molecule has 0 spiro atoms. The van der Waals surface area contributed by atoms with Crippen LogP contribution in [0.5, 0.6) is 0 Å². The van der Waals surface area contributed by atoms with Crippen molar-refractivity contribution < 1.29 is 9.59 Å². The number of hydrogen-bond donors (Lipinski definition) is 1. The number of halogens is 1. The highest BCUT2D eigenvalue weighted by molar-refractivity contribution is 6.30. The van der Waals surface area contributed by atoms with E-state index in [0.717, 1.165) is 28.7 Å². The summed E-state index contributed by atoms with van der Waals surface area (Å²) in [7, 11) is 0. The van der Waals surface area contributed by atoms with Gasteiger partial charge in [-0.05, 0) is 62.9 Å². The summed E-state index contributed by atoms with van der Waals surface area (Å²) < 4.78 is 0. The molecule has 2 rings (SSSR count). The van der Waals surface area contributed by atoms with Gasteiger partial charge in [0, 0.05) is 17.6 Å². The summed E-state index contributed by atoms with van der Waals surface area (Å²) in [4.78, 5) is 27.7. The second-order valence-electron chi connectivity index (χ2n) is 7.75. The van der Waals surface area contributed by atoms with E-state index in [1.807, 2.05) is 64.1 Å². The highest BCUT2D eigenvalue weighted by Crippen LogP contribution is 2.18. The van der Waals surface area contributed by atoms with Gasteiger partial charge in [-0.25, -0.2) is 0 Å². The van der Waals surface area contributed by atoms with Crippen LogP contribution >= 0.6 is 11.6 Å².